The summed E-state index contributed by atoms with van der Waals surface area (Å²) >= 11 is 0.596. The Kier molecular flexibility index (Phi) is 3.64. The third kappa shape index (κ3) is 3.11. The van der Waals surface area contributed by atoms with Crippen molar-refractivity contribution in [2.45, 2.75) is 6.18 Å². The van der Waals surface area contributed by atoms with Gasteiger partial charge in [0.05, 0.1) is 0 Å². The van der Waals surface area contributed by atoms with Crippen molar-refractivity contribution < 1.29 is 17.9 Å². The molecule has 1 N–H and O–H groups in total. The zero-order valence-corrected chi connectivity index (χ0v) is 8.08. The molecule has 0 aliphatic rings. The third-order valence-corrected chi connectivity index (χ3v) is 1.87. The second kappa shape index (κ2) is 4.56. The highest BCUT2D eigenvalue weighted by Crippen LogP contribution is 2.29. The Morgan fingerprint density at radius 3 is 2.71 bits per heavy atom. The first kappa shape index (κ1) is 11.2. The molecule has 0 spiro atoms. The summed E-state index contributed by atoms with van der Waals surface area (Å²) in [4.78, 5) is 3.19. The minimum Gasteiger partial charge on any atom is -0.468 e. The summed E-state index contributed by atoms with van der Waals surface area (Å²) in [6.07, 6.45) is -4.50. The van der Waals surface area contributed by atoms with E-state index in [0.717, 1.165) is 0 Å². The molecule has 0 fully saturated rings. The molecule has 4 nitrogen and oxygen atoms in total. The zero-order chi connectivity index (χ0) is 10.6. The van der Waals surface area contributed by atoms with Crippen molar-refractivity contribution >= 4 is 11.5 Å². The van der Waals surface area contributed by atoms with Crippen molar-refractivity contribution in [1.82, 2.24) is 14.7 Å². The summed E-state index contributed by atoms with van der Waals surface area (Å²) in [5, 5.41) is 2.72. The number of halogens is 3. The van der Waals surface area contributed by atoms with Gasteiger partial charge in [0, 0.05) is 18.1 Å². The molecule has 0 aromatic carbocycles. The van der Waals surface area contributed by atoms with Crippen molar-refractivity contribution in [2.75, 3.05) is 20.2 Å². The smallest absolute Gasteiger partial charge is 0.452 e. The molecule has 0 aliphatic heterocycles. The molecule has 1 heterocycles. The Bertz CT molecular complexity index is 288. The van der Waals surface area contributed by atoms with Crippen LogP contribution in [0.3, 0.4) is 0 Å². The van der Waals surface area contributed by atoms with E-state index in [1.807, 2.05) is 0 Å². The maximum Gasteiger partial charge on any atom is 0.452 e. The molecule has 0 aliphatic carbocycles. The van der Waals surface area contributed by atoms with Gasteiger partial charge in [-0.1, -0.05) is 0 Å². The monoisotopic (exact) mass is 227 g/mol. The molecular weight excluding hydrogens is 219 g/mol. The molecule has 0 atom stereocenters. The quantitative estimate of drug-likeness (QED) is 0.784. The average molecular weight is 227 g/mol. The summed E-state index contributed by atoms with van der Waals surface area (Å²) in [5.41, 5.74) is 0. The van der Waals surface area contributed by atoms with Gasteiger partial charge in [-0.3, -0.25) is 0 Å². The van der Waals surface area contributed by atoms with Crippen LogP contribution >= 0.6 is 11.5 Å². The largest absolute Gasteiger partial charge is 0.468 e. The number of hydrogen-bond donors (Lipinski definition) is 1. The van der Waals surface area contributed by atoms with Gasteiger partial charge >= 0.3 is 6.18 Å². The molecule has 0 saturated carbocycles. The zero-order valence-electron chi connectivity index (χ0n) is 7.26. The van der Waals surface area contributed by atoms with Crippen LogP contribution < -0.4 is 10.1 Å². The van der Waals surface area contributed by atoms with E-state index in [2.05, 4.69) is 14.7 Å². The van der Waals surface area contributed by atoms with E-state index in [1.165, 1.54) is 0 Å². The van der Waals surface area contributed by atoms with Crippen molar-refractivity contribution in [3.8, 4) is 5.19 Å². The molecule has 1 aromatic heterocycles. The maximum absolute atomic E-state index is 12.0. The van der Waals surface area contributed by atoms with Gasteiger partial charge in [-0.05, 0) is 7.05 Å². The SMILES string of the molecule is CNCCOc1nc(C(F)(F)F)ns1. The molecule has 0 amide bonds. The Morgan fingerprint density at radius 1 is 1.50 bits per heavy atom. The predicted molar refractivity (Wildman–Crippen MR) is 44.3 cm³/mol. The van der Waals surface area contributed by atoms with Crippen LogP contribution in [0.5, 0.6) is 5.19 Å². The third-order valence-electron chi connectivity index (χ3n) is 1.24. The lowest BCUT2D eigenvalue weighted by Gasteiger charge is -2.00. The molecule has 8 heteroatoms. The van der Waals surface area contributed by atoms with Gasteiger partial charge in [-0.25, -0.2) is 0 Å². The lowest BCUT2D eigenvalue weighted by molar-refractivity contribution is -0.144. The average Bonchev–Trinajstić information content (AvgIpc) is 2.52. The Balaban J connectivity index is 2.51. The van der Waals surface area contributed by atoms with E-state index in [-0.39, 0.29) is 11.8 Å². The fourth-order valence-electron chi connectivity index (χ4n) is 0.624. The molecule has 0 bridgehead atoms. The van der Waals surface area contributed by atoms with Crippen LogP contribution in [0.25, 0.3) is 0 Å². The Morgan fingerprint density at radius 2 is 2.21 bits per heavy atom. The molecule has 0 unspecified atom stereocenters. The highest BCUT2D eigenvalue weighted by molar-refractivity contribution is 7.07. The van der Waals surface area contributed by atoms with E-state index in [0.29, 0.717) is 18.1 Å². The minimum atomic E-state index is -4.50. The maximum atomic E-state index is 12.0. The predicted octanol–water partition coefficient (Wildman–Crippen LogP) is 1.16. The topological polar surface area (TPSA) is 47.0 Å². The van der Waals surface area contributed by atoms with E-state index < -0.39 is 12.0 Å². The first-order chi connectivity index (χ1) is 6.54. The van der Waals surface area contributed by atoms with Crippen molar-refractivity contribution in [2.24, 2.45) is 0 Å². The van der Waals surface area contributed by atoms with Crippen molar-refractivity contribution in [3.05, 3.63) is 5.82 Å². The highest BCUT2D eigenvalue weighted by Gasteiger charge is 2.36. The molecule has 0 saturated heterocycles. The van der Waals surface area contributed by atoms with E-state index in [4.69, 9.17) is 4.74 Å². The summed E-state index contributed by atoms with van der Waals surface area (Å²) in [6, 6.07) is 0. The number of ether oxygens (including phenoxy) is 1. The lowest BCUT2D eigenvalue weighted by Crippen LogP contribution is -2.16. The van der Waals surface area contributed by atoms with Gasteiger partial charge in [-0.2, -0.15) is 22.5 Å². The number of alkyl halides is 3. The van der Waals surface area contributed by atoms with E-state index in [1.54, 1.807) is 7.05 Å². The Labute approximate surface area is 82.3 Å². The van der Waals surface area contributed by atoms with Crippen LogP contribution in [0.15, 0.2) is 0 Å². The van der Waals surface area contributed by atoms with Crippen LogP contribution in [0.4, 0.5) is 13.2 Å². The number of nitrogens with one attached hydrogen (secondary N) is 1. The first-order valence-electron chi connectivity index (χ1n) is 3.72. The van der Waals surface area contributed by atoms with Crippen LogP contribution in [0.1, 0.15) is 5.82 Å². The van der Waals surface area contributed by atoms with Gasteiger partial charge in [0.15, 0.2) is 0 Å². The second-order valence-corrected chi connectivity index (χ2v) is 3.05. The van der Waals surface area contributed by atoms with Gasteiger partial charge in [0.2, 0.25) is 0 Å². The number of nitrogens with zero attached hydrogens (tertiary/aromatic N) is 2. The summed E-state index contributed by atoms with van der Waals surface area (Å²) in [5.74, 6) is -1.15. The minimum absolute atomic E-state index is 0.0624. The molecule has 14 heavy (non-hydrogen) atoms. The van der Waals surface area contributed by atoms with Crippen LogP contribution in [0.2, 0.25) is 0 Å². The Hall–Kier alpha value is -0.890. The number of aromatic nitrogens is 2. The van der Waals surface area contributed by atoms with Crippen LogP contribution in [-0.4, -0.2) is 29.6 Å². The summed E-state index contributed by atoms with van der Waals surface area (Å²) in [7, 11) is 1.71. The first-order valence-corrected chi connectivity index (χ1v) is 4.49. The lowest BCUT2D eigenvalue weighted by atomic mass is 10.6. The van der Waals surface area contributed by atoms with Crippen LogP contribution in [-0.2, 0) is 6.18 Å². The normalized spacial score (nSPS) is 11.7. The molecule has 80 valence electrons. The van der Waals surface area contributed by atoms with Gasteiger partial charge < -0.3 is 10.1 Å². The van der Waals surface area contributed by atoms with Crippen LogP contribution in [0, 0.1) is 0 Å². The standard InChI is InChI=1S/C6H8F3N3OS/c1-10-2-3-13-5-11-4(12-14-5)6(7,8)9/h10H,2-3H2,1H3. The molecular formula is C6H8F3N3OS. The van der Waals surface area contributed by atoms with Gasteiger partial charge in [-0.15, -0.1) is 0 Å². The number of rotatable bonds is 4. The fraction of sp³-hybridized carbons (Fsp3) is 0.667. The van der Waals surface area contributed by atoms with E-state index in [9.17, 15) is 13.2 Å². The summed E-state index contributed by atoms with van der Waals surface area (Å²) in [6.45, 7) is 0.809. The van der Waals surface area contributed by atoms with Crippen molar-refractivity contribution in [1.29, 1.82) is 0 Å². The van der Waals surface area contributed by atoms with E-state index >= 15 is 0 Å². The van der Waals surface area contributed by atoms with Crippen molar-refractivity contribution in [3.63, 3.8) is 0 Å². The fourth-order valence-corrected chi connectivity index (χ4v) is 1.20. The van der Waals surface area contributed by atoms with Gasteiger partial charge in [0.1, 0.15) is 6.61 Å². The molecule has 1 aromatic rings. The molecule has 0 radical (unpaired) electrons. The molecule has 1 rings (SSSR count). The highest BCUT2D eigenvalue weighted by atomic mass is 32.1. The summed E-state index contributed by atoms with van der Waals surface area (Å²) < 4.78 is 44.0. The second-order valence-electron chi connectivity index (χ2n) is 2.33. The number of hydrogen-bond acceptors (Lipinski definition) is 5. The number of likely N-dealkylation sites (N-methyl/N-ethyl adjacent to an activating group) is 1. The van der Waals surface area contributed by atoms with Gasteiger partial charge in [0.25, 0.3) is 11.0 Å².